The van der Waals surface area contributed by atoms with Crippen LogP contribution in [0.2, 0.25) is 0 Å². The maximum Gasteiger partial charge on any atom is 0.143 e. The van der Waals surface area contributed by atoms with Crippen LogP contribution in [0.5, 0.6) is 0 Å². The standard InChI is InChI=1S/C6H8BrNO/c7-5-6(9)3-1-2-4-8/h1-3,5H2. The van der Waals surface area contributed by atoms with Crippen LogP contribution in [0.25, 0.3) is 0 Å². The number of unbranched alkanes of at least 4 members (excludes halogenated alkanes) is 1. The molecule has 9 heavy (non-hydrogen) atoms. The predicted molar refractivity (Wildman–Crippen MR) is 38.3 cm³/mol. The Morgan fingerprint density at radius 2 is 2.33 bits per heavy atom. The number of Topliss-reactive ketones (excluding diaryl/α,β-unsaturated/α-hetero) is 1. The highest BCUT2D eigenvalue weighted by Crippen LogP contribution is 1.96. The highest BCUT2D eigenvalue weighted by molar-refractivity contribution is 9.09. The monoisotopic (exact) mass is 189 g/mol. The van der Waals surface area contributed by atoms with Crippen LogP contribution < -0.4 is 0 Å². The van der Waals surface area contributed by atoms with Crippen LogP contribution in [0.15, 0.2) is 0 Å². The fraction of sp³-hybridized carbons (Fsp3) is 0.667. The normalized spacial score (nSPS) is 8.44. The fourth-order valence-electron chi connectivity index (χ4n) is 0.431. The van der Waals surface area contributed by atoms with Crippen LogP contribution in [0, 0.1) is 11.3 Å². The Morgan fingerprint density at radius 1 is 1.67 bits per heavy atom. The molecule has 0 unspecified atom stereocenters. The number of carbonyl (C=O) groups excluding carboxylic acids is 1. The first-order valence-electron chi connectivity index (χ1n) is 2.76. The van der Waals surface area contributed by atoms with Crippen LogP contribution in [-0.2, 0) is 4.79 Å². The Morgan fingerprint density at radius 3 is 2.78 bits per heavy atom. The third-order valence-electron chi connectivity index (χ3n) is 0.893. The molecule has 0 aromatic heterocycles. The van der Waals surface area contributed by atoms with Crippen molar-refractivity contribution >= 4 is 21.7 Å². The Labute approximate surface area is 63.0 Å². The van der Waals surface area contributed by atoms with E-state index in [1.165, 1.54) is 0 Å². The Hall–Kier alpha value is -0.360. The van der Waals surface area contributed by atoms with E-state index in [-0.39, 0.29) is 5.78 Å². The van der Waals surface area contributed by atoms with Gasteiger partial charge in [0.2, 0.25) is 0 Å². The van der Waals surface area contributed by atoms with Crippen LogP contribution in [0.4, 0.5) is 0 Å². The summed E-state index contributed by atoms with van der Waals surface area (Å²) < 4.78 is 0. The van der Waals surface area contributed by atoms with Crippen molar-refractivity contribution in [3.8, 4) is 6.07 Å². The molecular weight excluding hydrogens is 182 g/mol. The summed E-state index contributed by atoms with van der Waals surface area (Å²) in [5.41, 5.74) is 0. The largest absolute Gasteiger partial charge is 0.299 e. The van der Waals surface area contributed by atoms with Crippen molar-refractivity contribution in [1.82, 2.24) is 0 Å². The molecule has 3 heteroatoms. The van der Waals surface area contributed by atoms with Gasteiger partial charge in [-0.2, -0.15) is 5.26 Å². The van der Waals surface area contributed by atoms with Gasteiger partial charge in [-0.1, -0.05) is 15.9 Å². The summed E-state index contributed by atoms with van der Waals surface area (Å²) in [6.07, 6.45) is 1.71. The van der Waals surface area contributed by atoms with Gasteiger partial charge < -0.3 is 0 Å². The second-order valence-electron chi connectivity index (χ2n) is 1.68. The minimum Gasteiger partial charge on any atom is -0.299 e. The van der Waals surface area contributed by atoms with E-state index in [0.717, 1.165) is 0 Å². The summed E-state index contributed by atoms with van der Waals surface area (Å²) in [4.78, 5) is 10.5. The molecule has 0 aliphatic rings. The van der Waals surface area contributed by atoms with Gasteiger partial charge in [0.05, 0.1) is 11.4 Å². The van der Waals surface area contributed by atoms with Gasteiger partial charge in [-0.05, 0) is 6.42 Å². The van der Waals surface area contributed by atoms with Gasteiger partial charge in [0.15, 0.2) is 0 Å². The summed E-state index contributed by atoms with van der Waals surface area (Å²) >= 11 is 3.03. The molecule has 0 bridgehead atoms. The molecule has 0 spiro atoms. The van der Waals surface area contributed by atoms with Gasteiger partial charge in [-0.25, -0.2) is 0 Å². The van der Waals surface area contributed by atoms with E-state index in [2.05, 4.69) is 15.9 Å². The number of hydrogen-bond donors (Lipinski definition) is 0. The van der Waals surface area contributed by atoms with Gasteiger partial charge in [-0.3, -0.25) is 4.79 Å². The van der Waals surface area contributed by atoms with E-state index in [9.17, 15) is 4.79 Å². The minimum atomic E-state index is 0.172. The van der Waals surface area contributed by atoms with E-state index in [0.29, 0.717) is 24.6 Å². The Balaban J connectivity index is 3.09. The first kappa shape index (κ1) is 8.64. The van der Waals surface area contributed by atoms with Crippen LogP contribution in [0.1, 0.15) is 19.3 Å². The maximum atomic E-state index is 10.5. The molecule has 0 aliphatic carbocycles. The molecule has 0 saturated carbocycles. The second-order valence-corrected chi connectivity index (χ2v) is 2.24. The van der Waals surface area contributed by atoms with Crippen LogP contribution in [0.3, 0.4) is 0 Å². The van der Waals surface area contributed by atoms with E-state index in [4.69, 9.17) is 5.26 Å². The molecule has 0 saturated heterocycles. The van der Waals surface area contributed by atoms with E-state index in [1.54, 1.807) is 0 Å². The third-order valence-corrected chi connectivity index (χ3v) is 1.52. The summed E-state index contributed by atoms with van der Waals surface area (Å²) in [6.45, 7) is 0. The molecule has 0 atom stereocenters. The molecule has 0 aromatic rings. The molecule has 0 rings (SSSR count). The summed E-state index contributed by atoms with van der Waals surface area (Å²) in [5, 5.41) is 8.49. The number of hydrogen-bond acceptors (Lipinski definition) is 2. The van der Waals surface area contributed by atoms with Gasteiger partial charge in [0, 0.05) is 12.8 Å². The number of rotatable bonds is 4. The molecular formula is C6H8BrNO. The number of ketones is 1. The molecule has 50 valence electrons. The maximum absolute atomic E-state index is 10.5. The van der Waals surface area contributed by atoms with Gasteiger partial charge in [0.1, 0.15) is 5.78 Å². The number of halogens is 1. The predicted octanol–water partition coefficient (Wildman–Crippen LogP) is 1.64. The first-order chi connectivity index (χ1) is 4.31. The fourth-order valence-corrected chi connectivity index (χ4v) is 0.712. The third kappa shape index (κ3) is 5.51. The zero-order chi connectivity index (χ0) is 7.11. The van der Waals surface area contributed by atoms with E-state index < -0.39 is 0 Å². The molecule has 0 heterocycles. The topological polar surface area (TPSA) is 40.9 Å². The van der Waals surface area contributed by atoms with Crippen molar-refractivity contribution in [3.05, 3.63) is 0 Å². The molecule has 2 nitrogen and oxygen atoms in total. The SMILES string of the molecule is N#CCCCC(=O)CBr. The quantitative estimate of drug-likeness (QED) is 0.499. The van der Waals surface area contributed by atoms with E-state index in [1.807, 2.05) is 6.07 Å². The zero-order valence-electron chi connectivity index (χ0n) is 5.06. The number of alkyl halides is 1. The van der Waals surface area contributed by atoms with Crippen molar-refractivity contribution < 1.29 is 4.79 Å². The smallest absolute Gasteiger partial charge is 0.143 e. The van der Waals surface area contributed by atoms with Crippen molar-refractivity contribution in [1.29, 1.82) is 5.26 Å². The summed E-state index contributed by atoms with van der Waals surface area (Å²) in [6, 6.07) is 1.98. The average Bonchev–Trinajstić information content (AvgIpc) is 1.89. The van der Waals surface area contributed by atoms with E-state index >= 15 is 0 Å². The molecule has 0 aliphatic heterocycles. The lowest BCUT2D eigenvalue weighted by atomic mass is 10.2. The lowest BCUT2D eigenvalue weighted by molar-refractivity contribution is -0.116. The Bertz CT molecular complexity index is 128. The van der Waals surface area contributed by atoms with Crippen molar-refractivity contribution in [2.75, 3.05) is 5.33 Å². The summed E-state index contributed by atoms with van der Waals surface area (Å²) in [7, 11) is 0. The average molecular weight is 190 g/mol. The number of carbonyl (C=O) groups is 1. The van der Waals surface area contributed by atoms with Crippen LogP contribution >= 0.6 is 15.9 Å². The summed E-state index contributed by atoms with van der Waals surface area (Å²) in [5.74, 6) is 0.172. The lowest BCUT2D eigenvalue weighted by Gasteiger charge is -1.89. The first-order valence-corrected chi connectivity index (χ1v) is 3.88. The van der Waals surface area contributed by atoms with Gasteiger partial charge >= 0.3 is 0 Å². The Kier molecular flexibility index (Phi) is 5.54. The van der Waals surface area contributed by atoms with Crippen molar-refractivity contribution in [3.63, 3.8) is 0 Å². The molecule has 0 aromatic carbocycles. The van der Waals surface area contributed by atoms with Crippen molar-refractivity contribution in [2.45, 2.75) is 19.3 Å². The second kappa shape index (κ2) is 5.77. The zero-order valence-corrected chi connectivity index (χ0v) is 6.65. The minimum absolute atomic E-state index is 0.172. The van der Waals surface area contributed by atoms with Crippen LogP contribution in [-0.4, -0.2) is 11.1 Å². The molecule has 0 amide bonds. The van der Waals surface area contributed by atoms with Crippen molar-refractivity contribution in [2.24, 2.45) is 0 Å². The van der Waals surface area contributed by atoms with Gasteiger partial charge in [-0.15, -0.1) is 0 Å². The van der Waals surface area contributed by atoms with Gasteiger partial charge in [0.25, 0.3) is 0 Å². The highest BCUT2D eigenvalue weighted by atomic mass is 79.9. The number of nitrogens with zero attached hydrogens (tertiary/aromatic N) is 1. The number of nitriles is 1. The molecule has 0 fully saturated rings. The molecule has 0 N–H and O–H groups in total. The lowest BCUT2D eigenvalue weighted by Crippen LogP contribution is -1.96. The molecule has 0 radical (unpaired) electrons. The highest BCUT2D eigenvalue weighted by Gasteiger charge is 1.96.